The zero-order chi connectivity index (χ0) is 12.0. The fourth-order valence-corrected chi connectivity index (χ4v) is 1.32. The zero-order valence-electron chi connectivity index (χ0n) is 9.27. The van der Waals surface area contributed by atoms with Crippen molar-refractivity contribution in [3.05, 3.63) is 29.8 Å². The molecule has 0 bridgehead atoms. The molecular formula is C12H14O4. The lowest BCUT2D eigenvalue weighted by molar-refractivity contribution is -0.135. The molecule has 0 amide bonds. The molecule has 0 radical (unpaired) electrons. The lowest BCUT2D eigenvalue weighted by Gasteiger charge is -2.09. The van der Waals surface area contributed by atoms with Crippen molar-refractivity contribution in [2.45, 2.75) is 6.42 Å². The molecule has 16 heavy (non-hydrogen) atoms. The zero-order valence-corrected chi connectivity index (χ0v) is 9.27. The van der Waals surface area contributed by atoms with Gasteiger partial charge in [0, 0.05) is 0 Å². The number of aliphatic carboxylic acids is 1. The molecule has 0 heterocycles. The first-order valence-corrected chi connectivity index (χ1v) is 4.78. The fraction of sp³-hybridized carbons (Fsp3) is 0.250. The molecule has 0 saturated carbocycles. The van der Waals surface area contributed by atoms with Gasteiger partial charge in [0.05, 0.1) is 26.2 Å². The second-order valence-corrected chi connectivity index (χ2v) is 3.08. The number of rotatable bonds is 5. The summed E-state index contributed by atoms with van der Waals surface area (Å²) in [6, 6.07) is 5.40. The minimum Gasteiger partial charge on any atom is -0.496 e. The summed E-state index contributed by atoms with van der Waals surface area (Å²) in [5.41, 5.74) is 0.744. The highest BCUT2D eigenvalue weighted by molar-refractivity contribution is 5.72. The van der Waals surface area contributed by atoms with E-state index >= 15 is 0 Å². The van der Waals surface area contributed by atoms with Crippen molar-refractivity contribution in [3.63, 3.8) is 0 Å². The Labute approximate surface area is 94.1 Å². The van der Waals surface area contributed by atoms with Gasteiger partial charge in [0.15, 0.2) is 0 Å². The molecular weight excluding hydrogens is 208 g/mol. The van der Waals surface area contributed by atoms with Crippen molar-refractivity contribution >= 4 is 12.0 Å². The Kier molecular flexibility index (Phi) is 4.39. The molecule has 0 atom stereocenters. The van der Waals surface area contributed by atoms with Gasteiger partial charge in [-0.1, -0.05) is 18.2 Å². The highest BCUT2D eigenvalue weighted by atomic mass is 16.5. The third kappa shape index (κ3) is 3.02. The molecule has 4 nitrogen and oxygen atoms in total. The van der Waals surface area contributed by atoms with Crippen LogP contribution in [0.2, 0.25) is 0 Å². The lowest BCUT2D eigenvalue weighted by Crippen LogP contribution is -1.93. The van der Waals surface area contributed by atoms with Crippen LogP contribution in [-0.2, 0) is 4.79 Å². The first-order chi connectivity index (χ1) is 7.69. The Balaban J connectivity index is 2.99. The number of hydrogen-bond donors (Lipinski definition) is 1. The van der Waals surface area contributed by atoms with Crippen LogP contribution in [0.1, 0.15) is 12.0 Å². The summed E-state index contributed by atoms with van der Waals surface area (Å²) in [6.07, 6.45) is 3.22. The second-order valence-electron chi connectivity index (χ2n) is 3.08. The van der Waals surface area contributed by atoms with E-state index in [1.54, 1.807) is 38.5 Å². The van der Waals surface area contributed by atoms with Crippen LogP contribution in [0.3, 0.4) is 0 Å². The SMILES string of the molecule is COc1cccc(OC)c1C=CCC(=O)O. The minimum atomic E-state index is -0.870. The van der Waals surface area contributed by atoms with Gasteiger partial charge in [0.25, 0.3) is 0 Å². The van der Waals surface area contributed by atoms with Crippen LogP contribution in [-0.4, -0.2) is 25.3 Å². The molecule has 0 aromatic heterocycles. The lowest BCUT2D eigenvalue weighted by atomic mass is 10.1. The predicted octanol–water partition coefficient (Wildman–Crippen LogP) is 2.19. The summed E-state index contributed by atoms with van der Waals surface area (Å²) in [5.74, 6) is 0.437. The van der Waals surface area contributed by atoms with Gasteiger partial charge in [-0.2, -0.15) is 0 Å². The van der Waals surface area contributed by atoms with Crippen LogP contribution < -0.4 is 9.47 Å². The average Bonchev–Trinajstić information content (AvgIpc) is 2.28. The number of carboxylic acids is 1. The number of hydrogen-bond acceptors (Lipinski definition) is 3. The standard InChI is InChI=1S/C12H14O4/c1-15-10-6-4-7-11(16-2)9(10)5-3-8-12(13)14/h3-7H,8H2,1-2H3,(H,13,14). The van der Waals surface area contributed by atoms with E-state index in [0.29, 0.717) is 11.5 Å². The Morgan fingerprint density at radius 2 is 1.88 bits per heavy atom. The van der Waals surface area contributed by atoms with Gasteiger partial charge in [-0.05, 0) is 12.1 Å². The highest BCUT2D eigenvalue weighted by Gasteiger charge is 2.05. The van der Waals surface area contributed by atoms with Crippen molar-refractivity contribution in [1.82, 2.24) is 0 Å². The molecule has 86 valence electrons. The monoisotopic (exact) mass is 222 g/mol. The predicted molar refractivity (Wildman–Crippen MR) is 60.8 cm³/mol. The van der Waals surface area contributed by atoms with Gasteiger partial charge in [0.1, 0.15) is 11.5 Å². The second kappa shape index (κ2) is 5.80. The van der Waals surface area contributed by atoms with Crippen molar-refractivity contribution in [2.24, 2.45) is 0 Å². The molecule has 1 aromatic carbocycles. The normalized spacial score (nSPS) is 10.4. The van der Waals surface area contributed by atoms with Crippen LogP contribution in [0.4, 0.5) is 0 Å². The van der Waals surface area contributed by atoms with Gasteiger partial charge in [-0.25, -0.2) is 0 Å². The van der Waals surface area contributed by atoms with Crippen LogP contribution in [0.15, 0.2) is 24.3 Å². The van der Waals surface area contributed by atoms with E-state index in [1.807, 2.05) is 6.07 Å². The molecule has 0 spiro atoms. The molecule has 0 aliphatic carbocycles. The van der Waals surface area contributed by atoms with Gasteiger partial charge in [-0.15, -0.1) is 0 Å². The van der Waals surface area contributed by atoms with E-state index in [1.165, 1.54) is 0 Å². The van der Waals surface area contributed by atoms with E-state index in [4.69, 9.17) is 14.6 Å². The number of benzene rings is 1. The highest BCUT2D eigenvalue weighted by Crippen LogP contribution is 2.29. The molecule has 1 rings (SSSR count). The largest absolute Gasteiger partial charge is 0.496 e. The number of carboxylic acid groups (broad SMARTS) is 1. The first-order valence-electron chi connectivity index (χ1n) is 4.78. The summed E-state index contributed by atoms with van der Waals surface area (Å²) in [5, 5.41) is 8.53. The van der Waals surface area contributed by atoms with Crippen LogP contribution >= 0.6 is 0 Å². The van der Waals surface area contributed by atoms with Crippen molar-refractivity contribution in [1.29, 1.82) is 0 Å². The Hall–Kier alpha value is -1.97. The Morgan fingerprint density at radius 3 is 2.31 bits per heavy atom. The third-order valence-corrected chi connectivity index (χ3v) is 2.04. The topological polar surface area (TPSA) is 55.8 Å². The Bertz CT molecular complexity index is 374. The number of carbonyl (C=O) groups is 1. The minimum absolute atomic E-state index is 0.0266. The molecule has 0 aliphatic rings. The maximum atomic E-state index is 10.4. The van der Waals surface area contributed by atoms with Gasteiger partial charge in [-0.3, -0.25) is 4.79 Å². The van der Waals surface area contributed by atoms with Crippen LogP contribution in [0, 0.1) is 0 Å². The first kappa shape index (κ1) is 12.1. The van der Waals surface area contributed by atoms with Crippen LogP contribution in [0.25, 0.3) is 6.08 Å². The van der Waals surface area contributed by atoms with Crippen LogP contribution in [0.5, 0.6) is 11.5 Å². The van der Waals surface area contributed by atoms with E-state index < -0.39 is 5.97 Å². The average molecular weight is 222 g/mol. The van der Waals surface area contributed by atoms with Crippen molar-refractivity contribution in [3.8, 4) is 11.5 Å². The van der Waals surface area contributed by atoms with Gasteiger partial charge >= 0.3 is 5.97 Å². The van der Waals surface area contributed by atoms with Gasteiger partial charge in [0.2, 0.25) is 0 Å². The molecule has 4 heteroatoms. The summed E-state index contributed by atoms with van der Waals surface area (Å²) in [4.78, 5) is 10.4. The molecule has 1 aromatic rings. The molecule has 1 N–H and O–H groups in total. The fourth-order valence-electron chi connectivity index (χ4n) is 1.32. The molecule has 0 fully saturated rings. The third-order valence-electron chi connectivity index (χ3n) is 2.04. The maximum absolute atomic E-state index is 10.4. The van der Waals surface area contributed by atoms with Crippen molar-refractivity contribution in [2.75, 3.05) is 14.2 Å². The number of ether oxygens (including phenoxy) is 2. The van der Waals surface area contributed by atoms with Crippen molar-refractivity contribution < 1.29 is 19.4 Å². The quantitative estimate of drug-likeness (QED) is 0.829. The smallest absolute Gasteiger partial charge is 0.307 e. The summed E-state index contributed by atoms with van der Waals surface area (Å²) >= 11 is 0. The molecule has 0 unspecified atom stereocenters. The summed E-state index contributed by atoms with van der Waals surface area (Å²) in [7, 11) is 3.12. The van der Waals surface area contributed by atoms with E-state index in [-0.39, 0.29) is 6.42 Å². The molecule has 0 saturated heterocycles. The van der Waals surface area contributed by atoms with Gasteiger partial charge < -0.3 is 14.6 Å². The van der Waals surface area contributed by atoms with E-state index in [9.17, 15) is 4.79 Å². The summed E-state index contributed by atoms with van der Waals surface area (Å²) in [6.45, 7) is 0. The Morgan fingerprint density at radius 1 is 1.31 bits per heavy atom. The molecule has 0 aliphatic heterocycles. The maximum Gasteiger partial charge on any atom is 0.307 e. The van der Waals surface area contributed by atoms with E-state index in [0.717, 1.165) is 5.56 Å². The van der Waals surface area contributed by atoms with E-state index in [2.05, 4.69) is 0 Å². The number of methoxy groups -OCH3 is 2. The summed E-state index contributed by atoms with van der Waals surface area (Å²) < 4.78 is 10.3.